The Morgan fingerprint density at radius 3 is 3.08 bits per heavy atom. The standard InChI is InChI=1S/C9H16N4/c10-6-5-8-11-9-4-2-1-3-7-13(9)12-8/h1-7,10H2. The summed E-state index contributed by atoms with van der Waals surface area (Å²) in [6.07, 6.45) is 5.67. The summed E-state index contributed by atoms with van der Waals surface area (Å²) in [5.74, 6) is 2.07. The molecule has 1 aliphatic heterocycles. The lowest BCUT2D eigenvalue weighted by atomic mass is 10.2. The monoisotopic (exact) mass is 180 g/mol. The molecule has 2 heterocycles. The Morgan fingerprint density at radius 2 is 2.23 bits per heavy atom. The molecule has 1 aromatic heterocycles. The Balaban J connectivity index is 2.17. The summed E-state index contributed by atoms with van der Waals surface area (Å²) in [5, 5.41) is 4.43. The lowest BCUT2D eigenvalue weighted by Gasteiger charge is -1.97. The van der Waals surface area contributed by atoms with Crippen LogP contribution in [0.15, 0.2) is 0 Å². The van der Waals surface area contributed by atoms with Crippen LogP contribution in [0.4, 0.5) is 0 Å². The van der Waals surface area contributed by atoms with E-state index in [1.807, 2.05) is 0 Å². The van der Waals surface area contributed by atoms with Crippen LogP contribution in [0.25, 0.3) is 0 Å². The van der Waals surface area contributed by atoms with E-state index >= 15 is 0 Å². The van der Waals surface area contributed by atoms with Crippen molar-refractivity contribution >= 4 is 0 Å². The summed E-state index contributed by atoms with van der Waals surface area (Å²) in [4.78, 5) is 4.47. The van der Waals surface area contributed by atoms with Gasteiger partial charge in [-0.25, -0.2) is 9.67 Å². The van der Waals surface area contributed by atoms with Crippen molar-refractivity contribution in [3.05, 3.63) is 11.6 Å². The molecule has 0 spiro atoms. The highest BCUT2D eigenvalue weighted by atomic mass is 15.3. The Hall–Kier alpha value is -0.900. The van der Waals surface area contributed by atoms with E-state index in [0.717, 1.165) is 31.0 Å². The fraction of sp³-hybridized carbons (Fsp3) is 0.778. The molecular formula is C9H16N4. The van der Waals surface area contributed by atoms with Gasteiger partial charge in [-0.05, 0) is 19.4 Å². The zero-order valence-corrected chi connectivity index (χ0v) is 7.87. The first kappa shape index (κ1) is 8.69. The van der Waals surface area contributed by atoms with Gasteiger partial charge in [-0.3, -0.25) is 0 Å². The number of nitrogens with two attached hydrogens (primary N) is 1. The molecule has 2 rings (SSSR count). The van der Waals surface area contributed by atoms with Crippen molar-refractivity contribution in [2.24, 2.45) is 5.73 Å². The van der Waals surface area contributed by atoms with Gasteiger partial charge in [0.2, 0.25) is 0 Å². The fourth-order valence-electron chi connectivity index (χ4n) is 1.75. The molecule has 0 unspecified atom stereocenters. The van der Waals surface area contributed by atoms with Crippen molar-refractivity contribution in [1.82, 2.24) is 14.8 Å². The van der Waals surface area contributed by atoms with Crippen molar-refractivity contribution in [1.29, 1.82) is 0 Å². The van der Waals surface area contributed by atoms with Crippen molar-refractivity contribution in [3.8, 4) is 0 Å². The smallest absolute Gasteiger partial charge is 0.152 e. The van der Waals surface area contributed by atoms with Crippen LogP contribution in [0.2, 0.25) is 0 Å². The largest absolute Gasteiger partial charge is 0.330 e. The summed E-state index contributed by atoms with van der Waals surface area (Å²) in [6.45, 7) is 1.68. The molecule has 1 aliphatic rings. The Labute approximate surface area is 78.1 Å². The third kappa shape index (κ3) is 1.88. The average molecular weight is 180 g/mol. The molecule has 72 valence electrons. The average Bonchev–Trinajstić information content (AvgIpc) is 2.37. The second-order valence-corrected chi connectivity index (χ2v) is 3.52. The second-order valence-electron chi connectivity index (χ2n) is 3.52. The number of aryl methyl sites for hydroxylation is 2. The first-order valence-corrected chi connectivity index (χ1v) is 5.03. The van der Waals surface area contributed by atoms with Crippen LogP contribution in [0.5, 0.6) is 0 Å². The highest BCUT2D eigenvalue weighted by Crippen LogP contribution is 2.12. The minimum Gasteiger partial charge on any atom is -0.330 e. The molecule has 0 fully saturated rings. The van der Waals surface area contributed by atoms with Gasteiger partial charge in [-0.1, -0.05) is 6.42 Å². The first-order chi connectivity index (χ1) is 6.40. The molecule has 0 saturated carbocycles. The normalized spacial score (nSPS) is 16.7. The summed E-state index contributed by atoms with van der Waals surface area (Å²) >= 11 is 0. The van der Waals surface area contributed by atoms with Crippen molar-refractivity contribution < 1.29 is 0 Å². The topological polar surface area (TPSA) is 56.7 Å². The minimum absolute atomic E-state index is 0.642. The van der Waals surface area contributed by atoms with Crippen LogP contribution in [0, 0.1) is 0 Å². The van der Waals surface area contributed by atoms with Gasteiger partial charge in [0.05, 0.1) is 0 Å². The second kappa shape index (κ2) is 3.87. The van der Waals surface area contributed by atoms with E-state index in [2.05, 4.69) is 14.8 Å². The van der Waals surface area contributed by atoms with E-state index in [9.17, 15) is 0 Å². The molecule has 0 amide bonds. The molecule has 0 atom stereocenters. The minimum atomic E-state index is 0.642. The van der Waals surface area contributed by atoms with Gasteiger partial charge < -0.3 is 5.73 Å². The number of rotatable bonds is 2. The predicted octanol–water partition coefficient (Wildman–Crippen LogP) is 0.506. The summed E-state index contributed by atoms with van der Waals surface area (Å²) in [5.41, 5.74) is 5.46. The zero-order chi connectivity index (χ0) is 9.10. The first-order valence-electron chi connectivity index (χ1n) is 5.03. The van der Waals surface area contributed by atoms with Gasteiger partial charge in [-0.2, -0.15) is 5.10 Å². The van der Waals surface area contributed by atoms with Crippen LogP contribution in [0.1, 0.15) is 30.9 Å². The molecule has 0 aliphatic carbocycles. The molecule has 1 aromatic rings. The Morgan fingerprint density at radius 1 is 1.31 bits per heavy atom. The Bertz CT molecular complexity index is 256. The van der Waals surface area contributed by atoms with Crippen LogP contribution in [0.3, 0.4) is 0 Å². The van der Waals surface area contributed by atoms with E-state index < -0.39 is 0 Å². The number of nitrogens with zero attached hydrogens (tertiary/aromatic N) is 3. The van der Waals surface area contributed by atoms with E-state index in [0.29, 0.717) is 6.54 Å². The fourth-order valence-corrected chi connectivity index (χ4v) is 1.75. The number of fused-ring (bicyclic) bond motifs is 1. The van der Waals surface area contributed by atoms with Crippen LogP contribution < -0.4 is 5.73 Å². The van der Waals surface area contributed by atoms with E-state index in [1.165, 1.54) is 19.3 Å². The van der Waals surface area contributed by atoms with Crippen LogP contribution in [-0.2, 0) is 19.4 Å². The molecular weight excluding hydrogens is 164 g/mol. The SMILES string of the molecule is NCCc1nc2n(n1)CCCCC2. The maximum atomic E-state index is 5.46. The van der Waals surface area contributed by atoms with Gasteiger partial charge in [0.1, 0.15) is 5.82 Å². The quantitative estimate of drug-likeness (QED) is 0.721. The third-order valence-corrected chi connectivity index (χ3v) is 2.43. The molecule has 0 bridgehead atoms. The van der Waals surface area contributed by atoms with Crippen molar-refractivity contribution in [3.63, 3.8) is 0 Å². The van der Waals surface area contributed by atoms with Crippen molar-refractivity contribution in [2.75, 3.05) is 6.54 Å². The number of hydrogen-bond donors (Lipinski definition) is 1. The van der Waals surface area contributed by atoms with Gasteiger partial charge >= 0.3 is 0 Å². The molecule has 13 heavy (non-hydrogen) atoms. The summed E-state index contributed by atoms with van der Waals surface area (Å²) in [6, 6.07) is 0. The maximum absolute atomic E-state index is 5.46. The van der Waals surface area contributed by atoms with Gasteiger partial charge in [0, 0.05) is 19.4 Å². The molecule has 2 N–H and O–H groups in total. The predicted molar refractivity (Wildman–Crippen MR) is 50.3 cm³/mol. The third-order valence-electron chi connectivity index (χ3n) is 2.43. The van der Waals surface area contributed by atoms with Gasteiger partial charge in [-0.15, -0.1) is 0 Å². The van der Waals surface area contributed by atoms with E-state index in [-0.39, 0.29) is 0 Å². The van der Waals surface area contributed by atoms with Crippen molar-refractivity contribution in [2.45, 2.75) is 38.6 Å². The number of aromatic nitrogens is 3. The molecule has 0 aromatic carbocycles. The highest BCUT2D eigenvalue weighted by molar-refractivity contribution is 4.95. The van der Waals surface area contributed by atoms with E-state index in [1.54, 1.807) is 0 Å². The van der Waals surface area contributed by atoms with Gasteiger partial charge in [0.25, 0.3) is 0 Å². The highest BCUT2D eigenvalue weighted by Gasteiger charge is 2.11. The Kier molecular flexibility index (Phi) is 2.59. The number of hydrogen-bond acceptors (Lipinski definition) is 3. The zero-order valence-electron chi connectivity index (χ0n) is 7.87. The lowest BCUT2D eigenvalue weighted by Crippen LogP contribution is -2.05. The van der Waals surface area contributed by atoms with E-state index in [4.69, 9.17) is 5.73 Å². The lowest BCUT2D eigenvalue weighted by molar-refractivity contribution is 0.569. The van der Waals surface area contributed by atoms with Crippen LogP contribution in [-0.4, -0.2) is 21.3 Å². The molecule has 0 saturated heterocycles. The maximum Gasteiger partial charge on any atom is 0.152 e. The van der Waals surface area contributed by atoms with Crippen LogP contribution >= 0.6 is 0 Å². The molecule has 4 heteroatoms. The molecule has 4 nitrogen and oxygen atoms in total. The summed E-state index contributed by atoms with van der Waals surface area (Å²) in [7, 11) is 0. The summed E-state index contributed by atoms with van der Waals surface area (Å²) < 4.78 is 2.05. The molecule has 0 radical (unpaired) electrons. The van der Waals surface area contributed by atoms with Gasteiger partial charge in [0.15, 0.2) is 5.82 Å².